The Balaban J connectivity index is 1.76. The van der Waals surface area contributed by atoms with Crippen molar-refractivity contribution in [1.29, 1.82) is 0 Å². The molecule has 3 heterocycles. The van der Waals surface area contributed by atoms with Crippen LogP contribution in [0.25, 0.3) is 54.9 Å². The molecule has 0 N–H and O–H groups in total. The van der Waals surface area contributed by atoms with Gasteiger partial charge in [0.1, 0.15) is 12.6 Å². The number of rotatable bonds is 1. The molecule has 32 heavy (non-hydrogen) atoms. The van der Waals surface area contributed by atoms with E-state index in [0.717, 1.165) is 16.3 Å². The number of hydrogen-bond acceptors (Lipinski definition) is 2. The van der Waals surface area contributed by atoms with Gasteiger partial charge in [-0.2, -0.15) is 0 Å². The number of nitrogens with zero attached hydrogens (tertiary/aromatic N) is 2. The van der Waals surface area contributed by atoms with E-state index in [-0.39, 0.29) is 16.8 Å². The molecule has 0 fully saturated rings. The van der Waals surface area contributed by atoms with Gasteiger partial charge in [0.25, 0.3) is 0 Å². The Labute approximate surface area is 199 Å². The second kappa shape index (κ2) is 6.64. The molecule has 0 aliphatic rings. The topological polar surface area (TPSA) is 29.9 Å². The molecule has 6 rings (SSSR count). The van der Waals surface area contributed by atoms with E-state index in [2.05, 4.69) is 4.98 Å². The lowest BCUT2D eigenvalue weighted by Crippen LogP contribution is -2.31. The molecule has 0 saturated carbocycles. The zero-order chi connectivity index (χ0) is 29.6. The molecule has 0 amide bonds. The molecule has 0 unspecified atom stereocenters. The van der Waals surface area contributed by atoms with E-state index >= 15 is 0 Å². The van der Waals surface area contributed by atoms with Crippen molar-refractivity contribution >= 4 is 43.6 Å². The number of pyridine rings is 2. The fourth-order valence-electron chi connectivity index (χ4n) is 4.55. The van der Waals surface area contributed by atoms with Crippen molar-refractivity contribution in [2.45, 2.75) is 27.5 Å². The summed E-state index contributed by atoms with van der Waals surface area (Å²) in [4.78, 5) is 4.63. The van der Waals surface area contributed by atoms with Crippen LogP contribution < -0.4 is 4.57 Å². The van der Waals surface area contributed by atoms with Crippen molar-refractivity contribution in [3.63, 3.8) is 0 Å². The van der Waals surface area contributed by atoms with E-state index in [0.29, 0.717) is 44.1 Å². The second-order valence-electron chi connectivity index (χ2n) is 8.22. The predicted molar refractivity (Wildman–Crippen MR) is 132 cm³/mol. The van der Waals surface area contributed by atoms with Gasteiger partial charge in [-0.1, -0.05) is 30.3 Å². The van der Waals surface area contributed by atoms with Crippen molar-refractivity contribution in [2.75, 3.05) is 0 Å². The van der Waals surface area contributed by atoms with Gasteiger partial charge in [-0.3, -0.25) is 0 Å². The van der Waals surface area contributed by atoms with Gasteiger partial charge in [0.2, 0.25) is 5.69 Å². The van der Waals surface area contributed by atoms with E-state index in [9.17, 15) is 0 Å². The van der Waals surface area contributed by atoms with E-state index in [1.165, 1.54) is 12.3 Å². The van der Waals surface area contributed by atoms with Crippen LogP contribution in [0.2, 0.25) is 0 Å². The van der Waals surface area contributed by atoms with Crippen molar-refractivity contribution in [3.8, 4) is 11.3 Å². The number of aryl methyl sites for hydroxylation is 5. The van der Waals surface area contributed by atoms with Crippen LogP contribution in [-0.2, 0) is 7.05 Å². The quantitative estimate of drug-likeness (QED) is 0.209. The molecular weight excluding hydrogens is 392 g/mol. The van der Waals surface area contributed by atoms with E-state index in [1.807, 2.05) is 55.5 Å². The first-order chi connectivity index (χ1) is 19.1. The third kappa shape index (κ3) is 2.61. The molecule has 0 atom stereocenters. The molecule has 3 nitrogen and oxygen atoms in total. The fraction of sp³-hybridized carbons (Fsp3) is 0.172. The zero-order valence-corrected chi connectivity index (χ0v) is 17.6. The Morgan fingerprint density at radius 2 is 1.59 bits per heavy atom. The summed E-state index contributed by atoms with van der Waals surface area (Å²) in [5.74, 6) is 0. The molecule has 6 aromatic rings. The SMILES string of the molecule is [2H]C([2H])([2H])c1cc(-c2c(C)ccc3c2oc2c4cc5ccccc5cc4c(C([2H])([2H])[2H])nc32)[n+](C)cc1C([2H])([2H])[2H]. The molecule has 3 heteroatoms. The van der Waals surface area contributed by atoms with Crippen molar-refractivity contribution in [3.05, 3.63) is 83.2 Å². The van der Waals surface area contributed by atoms with Crippen molar-refractivity contribution in [2.24, 2.45) is 7.05 Å². The third-order valence-corrected chi connectivity index (χ3v) is 6.18. The summed E-state index contributed by atoms with van der Waals surface area (Å²) in [6.45, 7) is -5.94. The Morgan fingerprint density at radius 1 is 0.812 bits per heavy atom. The number of benzene rings is 3. The first-order valence-corrected chi connectivity index (χ1v) is 10.3. The number of aromatic nitrogens is 2. The van der Waals surface area contributed by atoms with Crippen LogP contribution in [0.4, 0.5) is 0 Å². The van der Waals surface area contributed by atoms with Crippen LogP contribution in [0.5, 0.6) is 0 Å². The van der Waals surface area contributed by atoms with Crippen LogP contribution in [0.3, 0.4) is 0 Å². The third-order valence-electron chi connectivity index (χ3n) is 6.18. The van der Waals surface area contributed by atoms with E-state index in [1.54, 1.807) is 11.6 Å². The summed E-state index contributed by atoms with van der Waals surface area (Å²) in [6, 6.07) is 16.4. The fourth-order valence-corrected chi connectivity index (χ4v) is 4.55. The minimum atomic E-state index is -2.67. The second-order valence-corrected chi connectivity index (χ2v) is 8.22. The van der Waals surface area contributed by atoms with Crippen LogP contribution in [-0.4, -0.2) is 4.98 Å². The largest absolute Gasteiger partial charge is 0.453 e. The molecule has 0 bridgehead atoms. The molecule has 156 valence electrons. The maximum Gasteiger partial charge on any atom is 0.216 e. The lowest BCUT2D eigenvalue weighted by atomic mass is 9.99. The van der Waals surface area contributed by atoms with Gasteiger partial charge < -0.3 is 4.42 Å². The predicted octanol–water partition coefficient (Wildman–Crippen LogP) is 7.01. The number of fused-ring (bicyclic) bond motifs is 6. The highest BCUT2D eigenvalue weighted by Crippen LogP contribution is 2.40. The molecule has 0 radical (unpaired) electrons. The lowest BCUT2D eigenvalue weighted by Gasteiger charge is -2.07. The molecule has 0 aliphatic heterocycles. The highest BCUT2D eigenvalue weighted by Gasteiger charge is 2.23. The molecule has 3 aromatic heterocycles. The maximum atomic E-state index is 8.23. The van der Waals surface area contributed by atoms with Gasteiger partial charge >= 0.3 is 0 Å². The van der Waals surface area contributed by atoms with Gasteiger partial charge in [0.05, 0.1) is 5.56 Å². The highest BCUT2D eigenvalue weighted by molar-refractivity contribution is 6.17. The van der Waals surface area contributed by atoms with Crippen LogP contribution in [0.15, 0.2) is 65.2 Å². The minimum Gasteiger partial charge on any atom is -0.453 e. The summed E-state index contributed by atoms with van der Waals surface area (Å²) in [5, 5.41) is 3.42. The van der Waals surface area contributed by atoms with Gasteiger partial charge in [-0.15, -0.1) is 0 Å². The van der Waals surface area contributed by atoms with Crippen molar-refractivity contribution < 1.29 is 21.3 Å². The van der Waals surface area contributed by atoms with Gasteiger partial charge in [0.15, 0.2) is 17.4 Å². The molecule has 0 spiro atoms. The van der Waals surface area contributed by atoms with Gasteiger partial charge in [0, 0.05) is 45.8 Å². The average molecular weight is 427 g/mol. The zero-order valence-electron chi connectivity index (χ0n) is 26.6. The van der Waals surface area contributed by atoms with Gasteiger partial charge in [-0.05, 0) is 67.6 Å². The van der Waals surface area contributed by atoms with E-state index in [4.69, 9.17) is 16.8 Å². The first kappa shape index (κ1) is 11.8. The Bertz CT molecular complexity index is 2030. The van der Waals surface area contributed by atoms with Crippen LogP contribution in [0, 0.1) is 27.5 Å². The van der Waals surface area contributed by atoms with E-state index < -0.39 is 20.6 Å². The summed E-state index contributed by atoms with van der Waals surface area (Å²) in [6.07, 6.45) is 1.33. The number of furan rings is 1. The van der Waals surface area contributed by atoms with Gasteiger partial charge in [-0.25, -0.2) is 9.55 Å². The number of hydrogen-bond donors (Lipinski definition) is 0. The molecule has 0 aliphatic carbocycles. The molecular formula is C29H25N2O+. The van der Waals surface area contributed by atoms with Crippen LogP contribution >= 0.6 is 0 Å². The minimum absolute atomic E-state index is 0.0344. The first-order valence-electron chi connectivity index (χ1n) is 14.8. The Morgan fingerprint density at radius 3 is 2.34 bits per heavy atom. The monoisotopic (exact) mass is 426 g/mol. The highest BCUT2D eigenvalue weighted by atomic mass is 16.3. The Hall–Kier alpha value is -3.72. The standard InChI is InChI=1S/C29H25N2O/c1-16-10-11-22-27-29(32-28(22)26(16)25-12-17(2)18(3)15-31(25)5)24-14-21-9-7-6-8-20(21)13-23(24)19(4)30-27/h6-15H,1-5H3/q+1/i2D3,3D3,4D3. The maximum absolute atomic E-state index is 8.23. The Kier molecular flexibility index (Phi) is 2.44. The average Bonchev–Trinajstić information content (AvgIpc) is 3.24. The van der Waals surface area contributed by atoms with Crippen LogP contribution in [0.1, 0.15) is 34.7 Å². The summed E-state index contributed by atoms with van der Waals surface area (Å²) >= 11 is 0. The molecule has 3 aromatic carbocycles. The lowest BCUT2D eigenvalue weighted by molar-refractivity contribution is -0.660. The molecule has 0 saturated heterocycles. The summed E-state index contributed by atoms with van der Waals surface area (Å²) in [7, 11) is 1.65. The smallest absolute Gasteiger partial charge is 0.216 e. The summed E-state index contributed by atoms with van der Waals surface area (Å²) in [5.41, 5.74) is 2.42. The summed E-state index contributed by atoms with van der Waals surface area (Å²) < 4.78 is 80.7. The normalized spacial score (nSPS) is 17.2. The van der Waals surface area contributed by atoms with Crippen molar-refractivity contribution in [1.82, 2.24) is 4.98 Å².